The van der Waals surface area contributed by atoms with E-state index in [9.17, 15) is 14.7 Å². The quantitative estimate of drug-likeness (QED) is 0.434. The fourth-order valence-electron chi connectivity index (χ4n) is 3.88. The van der Waals surface area contributed by atoms with Gasteiger partial charge in [-0.25, -0.2) is 4.98 Å². The van der Waals surface area contributed by atoms with Crippen LogP contribution in [-0.4, -0.2) is 28.9 Å². The summed E-state index contributed by atoms with van der Waals surface area (Å²) in [5.74, 6) is -1.40. The number of rotatable bonds is 5. The summed E-state index contributed by atoms with van der Waals surface area (Å²) in [6, 6.07) is 15.0. The maximum atomic E-state index is 13.3. The first-order valence-electron chi connectivity index (χ1n) is 9.84. The van der Waals surface area contributed by atoms with Crippen LogP contribution in [0.25, 0.3) is 10.2 Å². The molecule has 8 heteroatoms. The maximum Gasteiger partial charge on any atom is 0.296 e. The van der Waals surface area contributed by atoms with Crippen LogP contribution in [0.15, 0.2) is 76.6 Å². The number of aryl methyl sites for hydroxylation is 1. The fraction of sp³-hybridized carbons (Fsp3) is 0.125. The number of ether oxygens (including phenoxy) is 1. The molecule has 1 aliphatic heterocycles. The molecule has 5 rings (SSSR count). The first-order valence-corrected chi connectivity index (χ1v) is 10.7. The van der Waals surface area contributed by atoms with Crippen molar-refractivity contribution in [2.75, 3.05) is 12.0 Å². The Morgan fingerprint density at radius 2 is 2.00 bits per heavy atom. The molecule has 1 N–H and O–H groups in total. The van der Waals surface area contributed by atoms with Gasteiger partial charge in [-0.1, -0.05) is 35.6 Å². The van der Waals surface area contributed by atoms with Crippen molar-refractivity contribution in [3.8, 4) is 5.75 Å². The molecule has 32 heavy (non-hydrogen) atoms. The number of nitrogens with zero attached hydrogens (tertiary/aromatic N) is 2. The Labute approximate surface area is 187 Å². The minimum atomic E-state index is -0.932. The zero-order valence-electron chi connectivity index (χ0n) is 17.2. The van der Waals surface area contributed by atoms with Gasteiger partial charge in [-0.15, -0.1) is 0 Å². The number of aliphatic hydroxyl groups is 1. The number of hydrogen-bond acceptors (Lipinski definition) is 7. The fourth-order valence-corrected chi connectivity index (χ4v) is 4.97. The number of para-hydroxylation sites is 1. The number of amides is 1. The third-order valence-corrected chi connectivity index (χ3v) is 6.39. The molecule has 160 valence electrons. The number of carbonyl (C=O) groups excluding carboxylic acids is 2. The number of carbonyl (C=O) groups is 2. The smallest absolute Gasteiger partial charge is 0.296 e. The van der Waals surface area contributed by atoms with Crippen LogP contribution in [0.5, 0.6) is 5.75 Å². The highest BCUT2D eigenvalue weighted by Crippen LogP contribution is 2.46. The van der Waals surface area contributed by atoms with Crippen LogP contribution in [0, 0.1) is 6.92 Å². The Bertz CT molecular complexity index is 1390. The molecular weight excluding hydrogens is 428 g/mol. The zero-order valence-corrected chi connectivity index (χ0v) is 18.1. The molecule has 7 nitrogen and oxygen atoms in total. The predicted molar refractivity (Wildman–Crippen MR) is 120 cm³/mol. The van der Waals surface area contributed by atoms with Gasteiger partial charge in [0.05, 0.1) is 29.2 Å². The molecule has 0 aliphatic carbocycles. The van der Waals surface area contributed by atoms with E-state index in [4.69, 9.17) is 9.15 Å². The molecule has 1 atom stereocenters. The minimum Gasteiger partial charge on any atom is -0.503 e. The molecule has 0 bridgehead atoms. The lowest BCUT2D eigenvalue weighted by Gasteiger charge is -2.25. The normalized spacial score (nSPS) is 16.2. The van der Waals surface area contributed by atoms with Gasteiger partial charge in [0.2, 0.25) is 5.78 Å². The van der Waals surface area contributed by atoms with Gasteiger partial charge in [-0.3, -0.25) is 14.5 Å². The molecule has 0 saturated heterocycles. The van der Waals surface area contributed by atoms with Crippen LogP contribution in [0.4, 0.5) is 5.13 Å². The number of Topliss-reactive ketones (excluding diaryl/α,β-unsaturated/α-hetero) is 1. The van der Waals surface area contributed by atoms with Crippen molar-refractivity contribution in [2.45, 2.75) is 13.0 Å². The molecular formula is C24H18N2O5S. The number of benzene rings is 2. The van der Waals surface area contributed by atoms with Crippen molar-refractivity contribution in [1.29, 1.82) is 0 Å². The van der Waals surface area contributed by atoms with E-state index in [1.165, 1.54) is 35.7 Å². The van der Waals surface area contributed by atoms with Gasteiger partial charge in [0.1, 0.15) is 11.8 Å². The summed E-state index contributed by atoms with van der Waals surface area (Å²) >= 11 is 1.32. The monoisotopic (exact) mass is 446 g/mol. The Balaban J connectivity index is 1.72. The van der Waals surface area contributed by atoms with Crippen LogP contribution in [-0.2, 0) is 4.79 Å². The molecule has 1 unspecified atom stereocenters. The summed E-state index contributed by atoms with van der Waals surface area (Å²) in [7, 11) is 1.51. The first-order chi connectivity index (χ1) is 15.5. The molecule has 0 radical (unpaired) electrons. The molecule has 3 heterocycles. The molecule has 1 amide bonds. The van der Waals surface area contributed by atoms with E-state index in [2.05, 4.69) is 4.98 Å². The van der Waals surface area contributed by atoms with E-state index in [-0.39, 0.29) is 11.3 Å². The maximum absolute atomic E-state index is 13.3. The van der Waals surface area contributed by atoms with E-state index in [1.54, 1.807) is 30.3 Å². The highest BCUT2D eigenvalue weighted by atomic mass is 32.1. The average molecular weight is 446 g/mol. The number of aromatic nitrogens is 1. The second-order valence-electron chi connectivity index (χ2n) is 7.36. The van der Waals surface area contributed by atoms with E-state index in [0.717, 1.165) is 15.8 Å². The second kappa shape index (κ2) is 7.65. The number of fused-ring (bicyclic) bond motifs is 1. The number of anilines is 1. The number of thiazole rings is 1. The number of aliphatic hydroxyl groups excluding tert-OH is 1. The Morgan fingerprint density at radius 3 is 2.75 bits per heavy atom. The van der Waals surface area contributed by atoms with Gasteiger partial charge in [-0.2, -0.15) is 0 Å². The van der Waals surface area contributed by atoms with E-state index >= 15 is 0 Å². The second-order valence-corrected chi connectivity index (χ2v) is 8.37. The number of furan rings is 1. The van der Waals surface area contributed by atoms with Gasteiger partial charge in [-0.05, 0) is 42.8 Å². The van der Waals surface area contributed by atoms with Gasteiger partial charge in [0, 0.05) is 5.56 Å². The van der Waals surface area contributed by atoms with Gasteiger partial charge in [0.15, 0.2) is 16.7 Å². The topological polar surface area (TPSA) is 92.9 Å². The lowest BCUT2D eigenvalue weighted by Crippen LogP contribution is -2.31. The van der Waals surface area contributed by atoms with Crippen LogP contribution in [0.1, 0.15) is 27.7 Å². The summed E-state index contributed by atoms with van der Waals surface area (Å²) in [6.45, 7) is 1.98. The zero-order chi connectivity index (χ0) is 22.4. The number of methoxy groups -OCH3 is 1. The molecule has 0 saturated carbocycles. The summed E-state index contributed by atoms with van der Waals surface area (Å²) in [5.41, 5.74) is 2.27. The van der Waals surface area contributed by atoms with Crippen molar-refractivity contribution >= 4 is 38.4 Å². The third kappa shape index (κ3) is 3.07. The summed E-state index contributed by atoms with van der Waals surface area (Å²) < 4.78 is 11.7. The molecule has 2 aromatic heterocycles. The van der Waals surface area contributed by atoms with Crippen molar-refractivity contribution in [2.24, 2.45) is 0 Å². The summed E-state index contributed by atoms with van der Waals surface area (Å²) in [6.07, 6.45) is 1.37. The van der Waals surface area contributed by atoms with Crippen LogP contribution in [0.2, 0.25) is 0 Å². The summed E-state index contributed by atoms with van der Waals surface area (Å²) in [5, 5.41) is 11.2. The van der Waals surface area contributed by atoms with Gasteiger partial charge in [0.25, 0.3) is 5.91 Å². The predicted octanol–water partition coefficient (Wildman–Crippen LogP) is 4.99. The molecule has 0 spiro atoms. The first kappa shape index (κ1) is 20.0. The largest absolute Gasteiger partial charge is 0.503 e. The average Bonchev–Trinajstić information content (AvgIpc) is 3.52. The van der Waals surface area contributed by atoms with Crippen molar-refractivity contribution in [3.05, 3.63) is 89.1 Å². The Kier molecular flexibility index (Phi) is 4.79. The number of hydrogen-bond donors (Lipinski definition) is 1. The third-order valence-electron chi connectivity index (χ3n) is 5.37. The lowest BCUT2D eigenvalue weighted by molar-refractivity contribution is -0.117. The van der Waals surface area contributed by atoms with Crippen LogP contribution >= 0.6 is 11.3 Å². The van der Waals surface area contributed by atoms with Crippen molar-refractivity contribution in [3.63, 3.8) is 0 Å². The standard InChI is InChI=1S/C24H18N2O5S/c1-13-9-10-15-18(12-13)32-24(25-15)26-20(14-6-3-4-7-16(14)30-2)19(22(28)23(26)29)21(27)17-8-5-11-31-17/h3-12,20,28H,1-2H3. The Morgan fingerprint density at radius 1 is 1.19 bits per heavy atom. The van der Waals surface area contributed by atoms with E-state index in [1.807, 2.05) is 25.1 Å². The lowest BCUT2D eigenvalue weighted by atomic mass is 9.94. The van der Waals surface area contributed by atoms with E-state index in [0.29, 0.717) is 16.4 Å². The SMILES string of the molecule is COc1ccccc1C1C(C(=O)c2ccco2)=C(O)C(=O)N1c1nc2ccc(C)cc2s1. The Hall–Kier alpha value is -3.91. The van der Waals surface area contributed by atoms with Gasteiger partial charge < -0.3 is 14.3 Å². The molecule has 0 fully saturated rings. The van der Waals surface area contributed by atoms with Gasteiger partial charge >= 0.3 is 0 Å². The van der Waals surface area contributed by atoms with Crippen molar-refractivity contribution < 1.29 is 23.8 Å². The van der Waals surface area contributed by atoms with Crippen LogP contribution in [0.3, 0.4) is 0 Å². The molecule has 2 aromatic carbocycles. The molecule has 1 aliphatic rings. The van der Waals surface area contributed by atoms with Crippen molar-refractivity contribution in [1.82, 2.24) is 4.98 Å². The minimum absolute atomic E-state index is 0.0287. The number of ketones is 1. The highest BCUT2D eigenvalue weighted by molar-refractivity contribution is 7.22. The molecule has 4 aromatic rings. The highest BCUT2D eigenvalue weighted by Gasteiger charge is 2.47. The van der Waals surface area contributed by atoms with E-state index < -0.39 is 23.5 Å². The van der Waals surface area contributed by atoms with Crippen LogP contribution < -0.4 is 9.64 Å². The summed E-state index contributed by atoms with van der Waals surface area (Å²) in [4.78, 5) is 32.5.